The van der Waals surface area contributed by atoms with E-state index in [0.717, 1.165) is 12.5 Å². The lowest BCUT2D eigenvalue weighted by atomic mass is 9.97. The summed E-state index contributed by atoms with van der Waals surface area (Å²) in [6, 6.07) is 7.50. The van der Waals surface area contributed by atoms with Crippen molar-refractivity contribution in [1.82, 2.24) is 5.32 Å². The third kappa shape index (κ3) is 3.57. The van der Waals surface area contributed by atoms with E-state index >= 15 is 0 Å². The van der Waals surface area contributed by atoms with Crippen molar-refractivity contribution in [2.75, 3.05) is 6.54 Å². The van der Waals surface area contributed by atoms with Crippen LogP contribution in [0.15, 0.2) is 18.2 Å². The summed E-state index contributed by atoms with van der Waals surface area (Å²) >= 11 is 0. The highest BCUT2D eigenvalue weighted by molar-refractivity contribution is 5.31. The van der Waals surface area contributed by atoms with Crippen LogP contribution in [0.1, 0.15) is 55.3 Å². The molecule has 1 atom stereocenters. The number of aryl methyl sites for hydroxylation is 2. The van der Waals surface area contributed by atoms with E-state index in [9.17, 15) is 0 Å². The lowest BCUT2D eigenvalue weighted by Crippen LogP contribution is -2.22. The van der Waals surface area contributed by atoms with E-state index in [0.29, 0.717) is 6.04 Å². The van der Waals surface area contributed by atoms with Gasteiger partial charge in [0.05, 0.1) is 0 Å². The van der Waals surface area contributed by atoms with E-state index in [1.165, 1.54) is 42.4 Å². The van der Waals surface area contributed by atoms with Crippen LogP contribution in [0, 0.1) is 19.8 Å². The Hall–Kier alpha value is -0.820. The maximum Gasteiger partial charge on any atom is 0.0322 e. The number of rotatable bonds is 6. The Morgan fingerprint density at radius 1 is 1.24 bits per heavy atom. The average molecular weight is 231 g/mol. The Labute approximate surface area is 106 Å². The molecule has 0 amide bonds. The van der Waals surface area contributed by atoms with Crippen molar-refractivity contribution < 1.29 is 0 Å². The molecular weight excluding hydrogens is 206 g/mol. The van der Waals surface area contributed by atoms with Crippen LogP contribution < -0.4 is 5.32 Å². The topological polar surface area (TPSA) is 12.0 Å². The highest BCUT2D eigenvalue weighted by Crippen LogP contribution is 2.37. The molecule has 1 aliphatic carbocycles. The average Bonchev–Trinajstić information content (AvgIpc) is 3.12. The van der Waals surface area contributed by atoms with Gasteiger partial charge in [0.2, 0.25) is 0 Å². The first-order valence-electron chi connectivity index (χ1n) is 7.01. The lowest BCUT2D eigenvalue weighted by molar-refractivity contribution is 0.474. The predicted octanol–water partition coefficient (Wildman–Crippen LogP) is 4.14. The Bertz CT molecular complexity index is 366. The molecule has 1 unspecified atom stereocenters. The monoisotopic (exact) mass is 231 g/mol. The molecule has 0 aliphatic heterocycles. The second kappa shape index (κ2) is 5.68. The molecule has 0 aromatic heterocycles. The highest BCUT2D eigenvalue weighted by Gasteiger charge is 2.26. The SMILES string of the molecule is CCCNC(CC1CC1)c1ccc(C)c(C)c1. The van der Waals surface area contributed by atoms with E-state index in [1.54, 1.807) is 0 Å². The predicted molar refractivity (Wildman–Crippen MR) is 74.3 cm³/mol. The van der Waals surface area contributed by atoms with Crippen molar-refractivity contribution in [2.45, 2.75) is 52.5 Å². The van der Waals surface area contributed by atoms with Crippen molar-refractivity contribution >= 4 is 0 Å². The van der Waals surface area contributed by atoms with Gasteiger partial charge >= 0.3 is 0 Å². The third-order valence-corrected chi connectivity index (χ3v) is 3.84. The zero-order valence-electron chi connectivity index (χ0n) is 11.4. The Balaban J connectivity index is 2.08. The number of hydrogen-bond donors (Lipinski definition) is 1. The van der Waals surface area contributed by atoms with Crippen LogP contribution in [0.4, 0.5) is 0 Å². The van der Waals surface area contributed by atoms with Gasteiger partial charge in [-0.2, -0.15) is 0 Å². The smallest absolute Gasteiger partial charge is 0.0322 e. The molecule has 1 nitrogen and oxygen atoms in total. The van der Waals surface area contributed by atoms with Crippen LogP contribution in [-0.4, -0.2) is 6.54 Å². The van der Waals surface area contributed by atoms with Gasteiger partial charge in [-0.1, -0.05) is 38.0 Å². The maximum absolute atomic E-state index is 3.70. The van der Waals surface area contributed by atoms with E-state index in [-0.39, 0.29) is 0 Å². The molecule has 0 spiro atoms. The van der Waals surface area contributed by atoms with Gasteiger partial charge in [0.1, 0.15) is 0 Å². The lowest BCUT2D eigenvalue weighted by Gasteiger charge is -2.20. The summed E-state index contributed by atoms with van der Waals surface area (Å²) in [6.07, 6.45) is 5.42. The molecule has 0 radical (unpaired) electrons. The molecule has 1 aromatic carbocycles. The second-order valence-corrected chi connectivity index (χ2v) is 5.53. The molecular formula is C16H25N. The fourth-order valence-corrected chi connectivity index (χ4v) is 2.32. The van der Waals surface area contributed by atoms with Crippen LogP contribution in [0.2, 0.25) is 0 Å². The van der Waals surface area contributed by atoms with Gasteiger partial charge in [0, 0.05) is 6.04 Å². The zero-order chi connectivity index (χ0) is 12.3. The summed E-state index contributed by atoms with van der Waals surface area (Å²) in [5.74, 6) is 0.978. The van der Waals surface area contributed by atoms with E-state index in [1.807, 2.05) is 0 Å². The molecule has 2 rings (SSSR count). The summed E-state index contributed by atoms with van der Waals surface area (Å²) in [5.41, 5.74) is 4.30. The fraction of sp³-hybridized carbons (Fsp3) is 0.625. The number of hydrogen-bond acceptors (Lipinski definition) is 1. The maximum atomic E-state index is 3.70. The van der Waals surface area contributed by atoms with E-state index < -0.39 is 0 Å². The van der Waals surface area contributed by atoms with Crippen LogP contribution >= 0.6 is 0 Å². The molecule has 1 N–H and O–H groups in total. The Kier molecular flexibility index (Phi) is 4.22. The normalized spacial score (nSPS) is 17.1. The minimum Gasteiger partial charge on any atom is -0.310 e. The van der Waals surface area contributed by atoms with Gasteiger partial charge in [-0.3, -0.25) is 0 Å². The molecule has 1 heteroatoms. The van der Waals surface area contributed by atoms with E-state index in [4.69, 9.17) is 0 Å². The highest BCUT2D eigenvalue weighted by atomic mass is 14.9. The molecule has 1 aromatic rings. The first-order valence-corrected chi connectivity index (χ1v) is 7.01. The molecule has 1 saturated carbocycles. The van der Waals surface area contributed by atoms with Gasteiger partial charge in [-0.25, -0.2) is 0 Å². The van der Waals surface area contributed by atoms with Crippen molar-refractivity contribution in [3.63, 3.8) is 0 Å². The van der Waals surface area contributed by atoms with Gasteiger partial charge in [0.15, 0.2) is 0 Å². The molecule has 0 heterocycles. The summed E-state index contributed by atoms with van der Waals surface area (Å²) < 4.78 is 0. The van der Waals surface area contributed by atoms with Gasteiger partial charge < -0.3 is 5.32 Å². The Morgan fingerprint density at radius 3 is 2.59 bits per heavy atom. The molecule has 0 bridgehead atoms. The second-order valence-electron chi connectivity index (χ2n) is 5.53. The first kappa shape index (κ1) is 12.6. The standard InChI is InChI=1S/C16H25N/c1-4-9-17-16(11-14-6-7-14)15-8-5-12(2)13(3)10-15/h5,8,10,14,16-17H,4,6-7,9,11H2,1-3H3. The minimum absolute atomic E-state index is 0.571. The summed E-state index contributed by atoms with van der Waals surface area (Å²) in [5, 5.41) is 3.70. The number of nitrogens with one attached hydrogen (secondary N) is 1. The molecule has 1 aliphatic rings. The van der Waals surface area contributed by atoms with Crippen LogP contribution in [0.5, 0.6) is 0 Å². The summed E-state index contributed by atoms with van der Waals surface area (Å²) in [6.45, 7) is 7.77. The van der Waals surface area contributed by atoms with Gasteiger partial charge in [0.25, 0.3) is 0 Å². The summed E-state index contributed by atoms with van der Waals surface area (Å²) in [4.78, 5) is 0. The van der Waals surface area contributed by atoms with Crippen LogP contribution in [0.3, 0.4) is 0 Å². The quantitative estimate of drug-likeness (QED) is 0.775. The van der Waals surface area contributed by atoms with E-state index in [2.05, 4.69) is 44.3 Å². The largest absolute Gasteiger partial charge is 0.310 e. The zero-order valence-corrected chi connectivity index (χ0v) is 11.4. The fourth-order valence-electron chi connectivity index (χ4n) is 2.32. The van der Waals surface area contributed by atoms with Crippen molar-refractivity contribution in [3.05, 3.63) is 34.9 Å². The molecule has 0 saturated heterocycles. The minimum atomic E-state index is 0.571. The van der Waals surface area contributed by atoms with Crippen molar-refractivity contribution in [3.8, 4) is 0 Å². The summed E-state index contributed by atoms with van der Waals surface area (Å²) in [7, 11) is 0. The molecule has 1 fully saturated rings. The third-order valence-electron chi connectivity index (χ3n) is 3.84. The van der Waals surface area contributed by atoms with Gasteiger partial charge in [-0.15, -0.1) is 0 Å². The molecule has 94 valence electrons. The van der Waals surface area contributed by atoms with Crippen molar-refractivity contribution in [1.29, 1.82) is 0 Å². The van der Waals surface area contributed by atoms with Crippen molar-refractivity contribution in [2.24, 2.45) is 5.92 Å². The molecule has 17 heavy (non-hydrogen) atoms. The Morgan fingerprint density at radius 2 is 2.00 bits per heavy atom. The van der Waals surface area contributed by atoms with Crippen LogP contribution in [-0.2, 0) is 0 Å². The van der Waals surface area contributed by atoms with Crippen LogP contribution in [0.25, 0.3) is 0 Å². The number of benzene rings is 1. The first-order chi connectivity index (χ1) is 8.20. The van der Waals surface area contributed by atoms with Gasteiger partial charge in [-0.05, 0) is 55.8 Å².